The van der Waals surface area contributed by atoms with Crippen LogP contribution >= 0.6 is 0 Å². The Bertz CT molecular complexity index is 371. The lowest BCUT2D eigenvalue weighted by atomic mass is 9.93. The van der Waals surface area contributed by atoms with E-state index in [9.17, 15) is 0 Å². The Balaban J connectivity index is 2.50. The molecule has 0 amide bonds. The van der Waals surface area contributed by atoms with Crippen LogP contribution in [0.25, 0.3) is 0 Å². The maximum absolute atomic E-state index is 5.72. The van der Waals surface area contributed by atoms with Crippen molar-refractivity contribution >= 4 is 0 Å². The predicted molar refractivity (Wildman–Crippen MR) is 80.1 cm³/mol. The Morgan fingerprint density at radius 2 is 1.67 bits per heavy atom. The minimum atomic E-state index is 0.192. The molecule has 0 aliphatic carbocycles. The summed E-state index contributed by atoms with van der Waals surface area (Å²) in [4.78, 5) is 0. The first kappa shape index (κ1) is 15.2. The van der Waals surface area contributed by atoms with Crippen molar-refractivity contribution in [2.75, 3.05) is 19.6 Å². The molecule has 102 valence electrons. The number of benzene rings is 1. The van der Waals surface area contributed by atoms with Gasteiger partial charge in [0.15, 0.2) is 0 Å². The minimum Gasteiger partial charge on any atom is -0.330 e. The average Bonchev–Trinajstić information content (AvgIpc) is 2.26. The van der Waals surface area contributed by atoms with Crippen molar-refractivity contribution in [2.45, 2.75) is 41.0 Å². The molecule has 0 saturated carbocycles. The third-order valence-corrected chi connectivity index (χ3v) is 3.55. The van der Waals surface area contributed by atoms with Crippen LogP contribution in [0.15, 0.2) is 12.1 Å². The Hall–Kier alpha value is -0.860. The molecule has 1 aromatic rings. The summed E-state index contributed by atoms with van der Waals surface area (Å²) >= 11 is 0. The van der Waals surface area contributed by atoms with Gasteiger partial charge in [-0.1, -0.05) is 31.5 Å². The van der Waals surface area contributed by atoms with Gasteiger partial charge in [-0.05, 0) is 62.4 Å². The van der Waals surface area contributed by atoms with Crippen molar-refractivity contribution in [1.82, 2.24) is 5.32 Å². The highest BCUT2D eigenvalue weighted by Gasteiger charge is 2.14. The molecule has 3 N–H and O–H groups in total. The molecular formula is C16H28N2. The van der Waals surface area contributed by atoms with E-state index < -0.39 is 0 Å². The van der Waals surface area contributed by atoms with Crippen LogP contribution in [-0.4, -0.2) is 19.6 Å². The van der Waals surface area contributed by atoms with Gasteiger partial charge in [0.1, 0.15) is 0 Å². The van der Waals surface area contributed by atoms with E-state index >= 15 is 0 Å². The van der Waals surface area contributed by atoms with Gasteiger partial charge in [-0.2, -0.15) is 0 Å². The number of nitrogens with one attached hydrogen (secondary N) is 1. The van der Waals surface area contributed by atoms with Gasteiger partial charge >= 0.3 is 0 Å². The molecule has 1 rings (SSSR count). The van der Waals surface area contributed by atoms with Crippen molar-refractivity contribution in [3.8, 4) is 0 Å². The zero-order valence-electron chi connectivity index (χ0n) is 12.6. The summed E-state index contributed by atoms with van der Waals surface area (Å²) in [6, 6.07) is 4.54. The summed E-state index contributed by atoms with van der Waals surface area (Å²) in [6.07, 6.45) is 1.10. The van der Waals surface area contributed by atoms with Crippen molar-refractivity contribution in [2.24, 2.45) is 11.1 Å². The molecular weight excluding hydrogens is 220 g/mol. The molecule has 2 heteroatoms. The number of hydrogen-bond acceptors (Lipinski definition) is 2. The van der Waals surface area contributed by atoms with Gasteiger partial charge in [0.2, 0.25) is 0 Å². The first-order valence-corrected chi connectivity index (χ1v) is 6.83. The van der Waals surface area contributed by atoms with Crippen molar-refractivity contribution in [3.05, 3.63) is 34.4 Å². The summed E-state index contributed by atoms with van der Waals surface area (Å²) in [6.45, 7) is 13.7. The predicted octanol–water partition coefficient (Wildman–Crippen LogP) is 2.73. The molecule has 0 fully saturated rings. The van der Waals surface area contributed by atoms with E-state index in [2.05, 4.69) is 52.1 Å². The number of aryl methyl sites for hydroxylation is 3. The molecule has 0 heterocycles. The number of rotatable bonds is 6. The maximum Gasteiger partial charge on any atom is 0.00147 e. The summed E-state index contributed by atoms with van der Waals surface area (Å²) < 4.78 is 0. The lowest BCUT2D eigenvalue weighted by Crippen LogP contribution is -2.36. The second-order valence-corrected chi connectivity index (χ2v) is 6.17. The third kappa shape index (κ3) is 4.43. The summed E-state index contributed by atoms with van der Waals surface area (Å²) in [5.41, 5.74) is 11.6. The van der Waals surface area contributed by atoms with E-state index in [1.54, 1.807) is 0 Å². The quantitative estimate of drug-likeness (QED) is 0.760. The topological polar surface area (TPSA) is 38.0 Å². The van der Waals surface area contributed by atoms with E-state index in [4.69, 9.17) is 5.73 Å². The van der Waals surface area contributed by atoms with E-state index in [1.807, 2.05) is 0 Å². The first-order valence-electron chi connectivity index (χ1n) is 6.83. The van der Waals surface area contributed by atoms with Crippen LogP contribution < -0.4 is 11.1 Å². The third-order valence-electron chi connectivity index (χ3n) is 3.55. The Labute approximate surface area is 112 Å². The van der Waals surface area contributed by atoms with Crippen LogP contribution in [0.5, 0.6) is 0 Å². The second kappa shape index (κ2) is 6.35. The highest BCUT2D eigenvalue weighted by atomic mass is 14.9. The fourth-order valence-electron chi connectivity index (χ4n) is 2.32. The molecule has 2 nitrogen and oxygen atoms in total. The van der Waals surface area contributed by atoms with Gasteiger partial charge < -0.3 is 11.1 Å². The van der Waals surface area contributed by atoms with E-state index in [0.717, 1.165) is 26.1 Å². The smallest absolute Gasteiger partial charge is 0.00147 e. The minimum absolute atomic E-state index is 0.192. The largest absolute Gasteiger partial charge is 0.330 e. The molecule has 0 atom stereocenters. The van der Waals surface area contributed by atoms with Gasteiger partial charge in [0, 0.05) is 6.54 Å². The monoisotopic (exact) mass is 248 g/mol. The molecule has 0 aliphatic heterocycles. The van der Waals surface area contributed by atoms with E-state index in [1.165, 1.54) is 22.3 Å². The normalized spacial score (nSPS) is 11.9. The molecule has 0 radical (unpaired) electrons. The number of nitrogens with two attached hydrogens (primary N) is 1. The first-order chi connectivity index (χ1) is 8.35. The molecule has 0 bridgehead atoms. The van der Waals surface area contributed by atoms with Crippen molar-refractivity contribution in [1.29, 1.82) is 0 Å². The Morgan fingerprint density at radius 1 is 1.11 bits per heavy atom. The lowest BCUT2D eigenvalue weighted by molar-refractivity contribution is 0.353. The van der Waals surface area contributed by atoms with Crippen LogP contribution in [0.2, 0.25) is 0 Å². The fourth-order valence-corrected chi connectivity index (χ4v) is 2.32. The molecule has 0 aromatic heterocycles. The van der Waals surface area contributed by atoms with Crippen molar-refractivity contribution in [3.63, 3.8) is 0 Å². The molecule has 0 unspecified atom stereocenters. The van der Waals surface area contributed by atoms with Gasteiger partial charge in [-0.25, -0.2) is 0 Å². The molecule has 0 spiro atoms. The van der Waals surface area contributed by atoms with E-state index in [0.29, 0.717) is 0 Å². The standard InChI is InChI=1S/C16H28N2/c1-12-8-13(2)15(14(3)9-12)6-7-18-11-16(4,5)10-17/h8-9,18H,6-7,10-11,17H2,1-5H3. The van der Waals surface area contributed by atoms with Crippen LogP contribution in [0, 0.1) is 26.2 Å². The summed E-state index contributed by atoms with van der Waals surface area (Å²) in [5, 5.41) is 3.51. The molecule has 1 aromatic carbocycles. The van der Waals surface area contributed by atoms with E-state index in [-0.39, 0.29) is 5.41 Å². The molecule has 0 aliphatic rings. The van der Waals surface area contributed by atoms with Crippen molar-refractivity contribution < 1.29 is 0 Å². The van der Waals surface area contributed by atoms with Crippen LogP contribution in [0.3, 0.4) is 0 Å². The number of hydrogen-bond donors (Lipinski definition) is 2. The van der Waals surface area contributed by atoms with Gasteiger partial charge in [0.05, 0.1) is 0 Å². The summed E-state index contributed by atoms with van der Waals surface area (Å²) in [5.74, 6) is 0. The average molecular weight is 248 g/mol. The highest BCUT2D eigenvalue weighted by molar-refractivity contribution is 5.37. The zero-order chi connectivity index (χ0) is 13.8. The Morgan fingerprint density at radius 3 is 2.17 bits per heavy atom. The van der Waals surface area contributed by atoms with Crippen LogP contribution in [-0.2, 0) is 6.42 Å². The Kier molecular flexibility index (Phi) is 5.36. The van der Waals surface area contributed by atoms with Gasteiger partial charge in [-0.3, -0.25) is 0 Å². The van der Waals surface area contributed by atoms with Gasteiger partial charge in [-0.15, -0.1) is 0 Å². The van der Waals surface area contributed by atoms with Gasteiger partial charge in [0.25, 0.3) is 0 Å². The SMILES string of the molecule is Cc1cc(C)c(CCNCC(C)(C)CN)c(C)c1. The summed E-state index contributed by atoms with van der Waals surface area (Å²) in [7, 11) is 0. The molecule has 18 heavy (non-hydrogen) atoms. The highest BCUT2D eigenvalue weighted by Crippen LogP contribution is 2.17. The maximum atomic E-state index is 5.72. The lowest BCUT2D eigenvalue weighted by Gasteiger charge is -2.23. The second-order valence-electron chi connectivity index (χ2n) is 6.17. The van der Waals surface area contributed by atoms with Crippen LogP contribution in [0.1, 0.15) is 36.1 Å². The zero-order valence-corrected chi connectivity index (χ0v) is 12.6. The fraction of sp³-hybridized carbons (Fsp3) is 0.625. The molecule has 0 saturated heterocycles. The van der Waals surface area contributed by atoms with Crippen LogP contribution in [0.4, 0.5) is 0 Å².